The summed E-state index contributed by atoms with van der Waals surface area (Å²) in [5, 5.41) is 4.25. The maximum atomic E-state index is 13.8. The Morgan fingerprint density at radius 3 is 2.37 bits per heavy atom. The second-order valence-corrected chi connectivity index (χ2v) is 10.8. The SMILES string of the molecule is CCCc1sc2nc(SCC(=O)Nc3c(C)cccc3C)n(-c3ccc(CC)cc3)c(=O)c2c1C. The van der Waals surface area contributed by atoms with Crippen LogP contribution >= 0.6 is 23.1 Å². The molecule has 35 heavy (non-hydrogen) atoms. The van der Waals surface area contributed by atoms with Gasteiger partial charge in [-0.05, 0) is 68.0 Å². The number of fused-ring (bicyclic) bond motifs is 1. The summed E-state index contributed by atoms with van der Waals surface area (Å²) >= 11 is 2.88. The lowest BCUT2D eigenvalue weighted by Gasteiger charge is -2.14. The molecule has 0 saturated heterocycles. The quantitative estimate of drug-likeness (QED) is 0.216. The van der Waals surface area contributed by atoms with Gasteiger partial charge in [0.2, 0.25) is 5.91 Å². The van der Waals surface area contributed by atoms with Crippen molar-refractivity contribution in [3.05, 3.63) is 79.9 Å². The highest BCUT2D eigenvalue weighted by molar-refractivity contribution is 7.99. The van der Waals surface area contributed by atoms with E-state index in [9.17, 15) is 9.59 Å². The molecule has 0 bridgehead atoms. The van der Waals surface area contributed by atoms with Crippen LogP contribution in [-0.2, 0) is 17.6 Å². The maximum absolute atomic E-state index is 13.8. The molecule has 0 radical (unpaired) electrons. The first-order valence-corrected chi connectivity index (χ1v) is 13.8. The zero-order valence-electron chi connectivity index (χ0n) is 20.9. The van der Waals surface area contributed by atoms with Gasteiger partial charge in [-0.2, -0.15) is 0 Å². The number of aromatic nitrogens is 2. The Kier molecular flexibility index (Phi) is 7.77. The first-order chi connectivity index (χ1) is 16.8. The van der Waals surface area contributed by atoms with Gasteiger partial charge < -0.3 is 5.32 Å². The number of anilines is 1. The lowest BCUT2D eigenvalue weighted by molar-refractivity contribution is -0.113. The topological polar surface area (TPSA) is 64.0 Å². The predicted molar refractivity (Wildman–Crippen MR) is 149 cm³/mol. The molecule has 2 heterocycles. The fourth-order valence-corrected chi connectivity index (χ4v) is 6.33. The number of nitrogens with zero attached hydrogens (tertiary/aromatic N) is 2. The summed E-state index contributed by atoms with van der Waals surface area (Å²) in [4.78, 5) is 33.5. The van der Waals surface area contributed by atoms with E-state index in [0.717, 1.165) is 52.2 Å². The third kappa shape index (κ3) is 5.21. The molecule has 182 valence electrons. The molecule has 7 heteroatoms. The van der Waals surface area contributed by atoms with Crippen molar-refractivity contribution >= 4 is 44.9 Å². The van der Waals surface area contributed by atoms with Crippen LogP contribution in [0.1, 0.15) is 47.4 Å². The van der Waals surface area contributed by atoms with Crippen molar-refractivity contribution in [1.29, 1.82) is 0 Å². The molecular weight excluding hydrogens is 474 g/mol. The molecule has 1 N–H and O–H groups in total. The van der Waals surface area contributed by atoms with Gasteiger partial charge in [0, 0.05) is 10.6 Å². The van der Waals surface area contributed by atoms with Gasteiger partial charge in [0.1, 0.15) is 4.83 Å². The number of hydrogen-bond acceptors (Lipinski definition) is 5. The molecule has 4 aromatic rings. The number of amides is 1. The first kappa shape index (κ1) is 25.2. The summed E-state index contributed by atoms with van der Waals surface area (Å²) in [6.45, 7) is 10.2. The van der Waals surface area contributed by atoms with Gasteiger partial charge in [0.05, 0.1) is 16.8 Å². The van der Waals surface area contributed by atoms with E-state index >= 15 is 0 Å². The Morgan fingerprint density at radius 2 is 1.74 bits per heavy atom. The second-order valence-electron chi connectivity index (χ2n) is 8.74. The minimum atomic E-state index is -0.122. The highest BCUT2D eigenvalue weighted by atomic mass is 32.2. The van der Waals surface area contributed by atoms with E-state index in [0.29, 0.717) is 10.5 Å². The summed E-state index contributed by atoms with van der Waals surface area (Å²) in [5.41, 5.74) is 5.80. The Bertz CT molecular complexity index is 1420. The van der Waals surface area contributed by atoms with Crippen LogP contribution in [0.5, 0.6) is 0 Å². The number of aryl methyl sites for hydroxylation is 5. The molecule has 0 aliphatic rings. The van der Waals surface area contributed by atoms with E-state index in [1.165, 1.54) is 22.2 Å². The van der Waals surface area contributed by atoms with E-state index in [-0.39, 0.29) is 17.2 Å². The highest BCUT2D eigenvalue weighted by Crippen LogP contribution is 2.31. The number of thiophene rings is 1. The molecule has 0 aliphatic heterocycles. The molecule has 4 rings (SSSR count). The highest BCUT2D eigenvalue weighted by Gasteiger charge is 2.20. The molecule has 5 nitrogen and oxygen atoms in total. The summed E-state index contributed by atoms with van der Waals surface area (Å²) in [6.07, 6.45) is 2.87. The summed E-state index contributed by atoms with van der Waals surface area (Å²) < 4.78 is 1.66. The van der Waals surface area contributed by atoms with Crippen LogP contribution in [0.15, 0.2) is 52.4 Å². The van der Waals surface area contributed by atoms with Crippen LogP contribution in [0.2, 0.25) is 0 Å². The number of carbonyl (C=O) groups excluding carboxylic acids is 1. The van der Waals surface area contributed by atoms with Crippen LogP contribution in [0, 0.1) is 20.8 Å². The lowest BCUT2D eigenvalue weighted by atomic mass is 10.1. The minimum Gasteiger partial charge on any atom is -0.325 e. The molecule has 2 aromatic carbocycles. The Balaban J connectivity index is 1.73. The summed E-state index contributed by atoms with van der Waals surface area (Å²) in [7, 11) is 0. The molecule has 0 unspecified atom stereocenters. The van der Waals surface area contributed by atoms with Crippen molar-refractivity contribution in [2.24, 2.45) is 0 Å². The van der Waals surface area contributed by atoms with E-state index in [1.54, 1.807) is 15.9 Å². The van der Waals surface area contributed by atoms with E-state index in [4.69, 9.17) is 4.98 Å². The lowest BCUT2D eigenvalue weighted by Crippen LogP contribution is -2.23. The predicted octanol–water partition coefficient (Wildman–Crippen LogP) is 6.62. The average molecular weight is 506 g/mol. The number of para-hydroxylation sites is 1. The number of nitrogens with one attached hydrogen (secondary N) is 1. The van der Waals surface area contributed by atoms with Crippen LogP contribution in [0.3, 0.4) is 0 Å². The monoisotopic (exact) mass is 505 g/mol. The van der Waals surface area contributed by atoms with Crippen molar-refractivity contribution in [2.75, 3.05) is 11.1 Å². The molecule has 0 fully saturated rings. The van der Waals surface area contributed by atoms with E-state index in [1.807, 2.05) is 63.2 Å². The van der Waals surface area contributed by atoms with Crippen molar-refractivity contribution in [3.8, 4) is 5.69 Å². The Morgan fingerprint density at radius 1 is 1.06 bits per heavy atom. The molecule has 0 aliphatic carbocycles. The zero-order valence-corrected chi connectivity index (χ0v) is 22.5. The minimum absolute atomic E-state index is 0.0759. The van der Waals surface area contributed by atoms with Crippen molar-refractivity contribution in [1.82, 2.24) is 9.55 Å². The summed E-state index contributed by atoms with van der Waals surface area (Å²) in [6, 6.07) is 13.9. The number of hydrogen-bond donors (Lipinski definition) is 1. The maximum Gasteiger partial charge on any atom is 0.267 e. The zero-order chi connectivity index (χ0) is 25.1. The number of benzene rings is 2. The third-order valence-electron chi connectivity index (χ3n) is 6.19. The van der Waals surface area contributed by atoms with Crippen LogP contribution in [-0.4, -0.2) is 21.2 Å². The number of rotatable bonds is 8. The number of carbonyl (C=O) groups is 1. The average Bonchev–Trinajstić information content (AvgIpc) is 3.16. The van der Waals surface area contributed by atoms with Gasteiger partial charge in [0.25, 0.3) is 5.56 Å². The molecule has 0 spiro atoms. The van der Waals surface area contributed by atoms with Gasteiger partial charge >= 0.3 is 0 Å². The molecule has 2 aromatic heterocycles. The molecule has 0 saturated carbocycles. The molecule has 0 atom stereocenters. The van der Waals surface area contributed by atoms with Crippen molar-refractivity contribution in [2.45, 2.75) is 59.0 Å². The van der Waals surface area contributed by atoms with E-state index < -0.39 is 0 Å². The molecule has 1 amide bonds. The largest absolute Gasteiger partial charge is 0.325 e. The standard InChI is InChI=1S/C28H31N3O2S2/c1-6-9-22-19(5)24-26(35-22)30-28(31(27(24)33)21-14-12-20(7-2)13-15-21)34-16-23(32)29-25-17(3)10-8-11-18(25)4/h8,10-15H,6-7,9,16H2,1-5H3,(H,29,32). The van der Waals surface area contributed by atoms with Gasteiger partial charge in [0.15, 0.2) is 5.16 Å². The van der Waals surface area contributed by atoms with Gasteiger partial charge in [-0.15, -0.1) is 11.3 Å². The smallest absolute Gasteiger partial charge is 0.267 e. The summed E-state index contributed by atoms with van der Waals surface area (Å²) in [5.74, 6) is 0.0361. The first-order valence-electron chi connectivity index (χ1n) is 12.0. The third-order valence-corrected chi connectivity index (χ3v) is 8.37. The Labute approximate surface area is 214 Å². The van der Waals surface area contributed by atoms with Gasteiger partial charge in [-0.25, -0.2) is 4.98 Å². The molecular formula is C28H31N3O2S2. The van der Waals surface area contributed by atoms with Crippen molar-refractivity contribution < 1.29 is 4.79 Å². The Hall–Kier alpha value is -2.90. The normalized spacial score (nSPS) is 11.2. The van der Waals surface area contributed by atoms with Crippen molar-refractivity contribution in [3.63, 3.8) is 0 Å². The fourth-order valence-electron chi connectivity index (χ4n) is 4.20. The van der Waals surface area contributed by atoms with Crippen LogP contribution in [0.25, 0.3) is 15.9 Å². The van der Waals surface area contributed by atoms with E-state index in [2.05, 4.69) is 19.2 Å². The van der Waals surface area contributed by atoms with Crippen LogP contribution < -0.4 is 10.9 Å². The van der Waals surface area contributed by atoms with Gasteiger partial charge in [-0.3, -0.25) is 14.2 Å². The fraction of sp³-hybridized carbons (Fsp3) is 0.321. The number of thioether (sulfide) groups is 1. The van der Waals surface area contributed by atoms with Gasteiger partial charge in [-0.1, -0.05) is 62.4 Å². The van der Waals surface area contributed by atoms with Crippen LogP contribution in [0.4, 0.5) is 5.69 Å². The second kappa shape index (κ2) is 10.8.